The molecule has 0 fully saturated rings. The summed E-state index contributed by atoms with van der Waals surface area (Å²) >= 11 is 0. The van der Waals surface area contributed by atoms with Crippen molar-refractivity contribution in [2.75, 3.05) is 0 Å². The molecule has 0 saturated heterocycles. The van der Waals surface area contributed by atoms with Gasteiger partial charge in [0.15, 0.2) is 0 Å². The number of hydrogen-bond donors (Lipinski definition) is 1. The highest BCUT2D eigenvalue weighted by Crippen LogP contribution is 2.22. The molecule has 1 N–H and O–H groups in total. The van der Waals surface area contributed by atoms with Crippen molar-refractivity contribution in [1.82, 2.24) is 0 Å². The van der Waals surface area contributed by atoms with Crippen molar-refractivity contribution in [2.45, 2.75) is 45.6 Å². The first-order chi connectivity index (χ1) is 7.63. The molecule has 0 aromatic heterocycles. The molecule has 1 heteroatoms. The Kier molecular flexibility index (Phi) is 3.45. The van der Waals surface area contributed by atoms with Gasteiger partial charge in [0.1, 0.15) is 0 Å². The van der Waals surface area contributed by atoms with Crippen LogP contribution in [0.4, 0.5) is 0 Å². The summed E-state index contributed by atoms with van der Waals surface area (Å²) in [6, 6.07) is 6.69. The Balaban J connectivity index is 2.14. The van der Waals surface area contributed by atoms with Gasteiger partial charge in [-0.1, -0.05) is 41.0 Å². The van der Waals surface area contributed by atoms with E-state index in [0.717, 1.165) is 25.7 Å². The predicted molar refractivity (Wildman–Crippen MR) is 67.6 cm³/mol. The molecule has 86 valence electrons. The summed E-state index contributed by atoms with van der Waals surface area (Å²) in [4.78, 5) is 0. The fraction of sp³-hybridized carbons (Fsp3) is 0.467. The molecule has 1 atom stereocenters. The minimum absolute atomic E-state index is 0.213. The van der Waals surface area contributed by atoms with Crippen molar-refractivity contribution in [3.05, 3.63) is 46.5 Å². The summed E-state index contributed by atoms with van der Waals surface area (Å²) in [6.45, 7) is 4.28. The average molecular weight is 216 g/mol. The van der Waals surface area contributed by atoms with Gasteiger partial charge in [0, 0.05) is 0 Å². The molecule has 1 aliphatic carbocycles. The van der Waals surface area contributed by atoms with Crippen LogP contribution < -0.4 is 0 Å². The maximum absolute atomic E-state index is 9.59. The lowest BCUT2D eigenvalue weighted by atomic mass is 9.92. The highest BCUT2D eigenvalue weighted by atomic mass is 16.3. The second-order valence-electron chi connectivity index (χ2n) is 4.96. The molecule has 16 heavy (non-hydrogen) atoms. The van der Waals surface area contributed by atoms with Crippen LogP contribution >= 0.6 is 0 Å². The second kappa shape index (κ2) is 4.84. The quantitative estimate of drug-likeness (QED) is 0.752. The largest absolute Gasteiger partial charge is 0.389 e. The highest BCUT2D eigenvalue weighted by molar-refractivity contribution is 5.31. The molecule has 1 unspecified atom stereocenters. The summed E-state index contributed by atoms with van der Waals surface area (Å²) in [7, 11) is 0. The number of aryl methyl sites for hydroxylation is 2. The van der Waals surface area contributed by atoms with E-state index in [0.29, 0.717) is 0 Å². The number of hydrogen-bond acceptors (Lipinski definition) is 1. The number of allylic oxidation sites excluding steroid dienone is 1. The van der Waals surface area contributed by atoms with Gasteiger partial charge in [-0.05, 0) is 45.1 Å². The standard InChI is InChI=1S/C15H20O/c1-11-6-12(2)8-14(7-11)9-13-4-3-5-15(16)10-13/h6-8,10,15-16H,3-5,9H2,1-2H3. The van der Waals surface area contributed by atoms with E-state index in [1.54, 1.807) is 0 Å². The van der Waals surface area contributed by atoms with Gasteiger partial charge in [0.25, 0.3) is 0 Å². The molecule has 1 nitrogen and oxygen atoms in total. The third-order valence-corrected chi connectivity index (χ3v) is 3.14. The SMILES string of the molecule is Cc1cc(C)cc(CC2=CC(O)CCC2)c1. The Bertz CT molecular complexity index is 384. The molecule has 0 bridgehead atoms. The van der Waals surface area contributed by atoms with Gasteiger partial charge in [0.05, 0.1) is 6.10 Å². The van der Waals surface area contributed by atoms with Gasteiger partial charge < -0.3 is 5.11 Å². The molecule has 1 aromatic carbocycles. The van der Waals surface area contributed by atoms with Crippen LogP contribution in [-0.4, -0.2) is 11.2 Å². The maximum Gasteiger partial charge on any atom is 0.0723 e. The van der Waals surface area contributed by atoms with E-state index in [2.05, 4.69) is 32.0 Å². The Morgan fingerprint density at radius 1 is 1.19 bits per heavy atom. The van der Waals surface area contributed by atoms with Crippen LogP contribution in [0.2, 0.25) is 0 Å². The summed E-state index contributed by atoms with van der Waals surface area (Å²) < 4.78 is 0. The first kappa shape index (κ1) is 11.4. The highest BCUT2D eigenvalue weighted by Gasteiger charge is 2.11. The second-order valence-corrected chi connectivity index (χ2v) is 4.96. The topological polar surface area (TPSA) is 20.2 Å². The van der Waals surface area contributed by atoms with Crippen molar-refractivity contribution < 1.29 is 5.11 Å². The molecule has 0 saturated carbocycles. The minimum Gasteiger partial charge on any atom is -0.389 e. The molecule has 1 aliphatic rings. The van der Waals surface area contributed by atoms with Crippen LogP contribution in [-0.2, 0) is 6.42 Å². The lowest BCUT2D eigenvalue weighted by molar-refractivity contribution is 0.202. The van der Waals surface area contributed by atoms with Crippen molar-refractivity contribution >= 4 is 0 Å². The Morgan fingerprint density at radius 2 is 1.88 bits per heavy atom. The molecule has 2 rings (SSSR count). The number of rotatable bonds is 2. The summed E-state index contributed by atoms with van der Waals surface area (Å²) in [5, 5.41) is 9.59. The van der Waals surface area contributed by atoms with Crippen LogP contribution in [0.1, 0.15) is 36.0 Å². The Morgan fingerprint density at radius 3 is 2.50 bits per heavy atom. The van der Waals surface area contributed by atoms with Crippen LogP contribution in [0.15, 0.2) is 29.8 Å². The molecule has 0 spiro atoms. The van der Waals surface area contributed by atoms with Crippen LogP contribution in [0.5, 0.6) is 0 Å². The zero-order chi connectivity index (χ0) is 11.5. The molecule has 0 heterocycles. The molecule has 1 aromatic rings. The fourth-order valence-corrected chi connectivity index (χ4v) is 2.56. The van der Waals surface area contributed by atoms with E-state index in [1.807, 2.05) is 6.08 Å². The van der Waals surface area contributed by atoms with Gasteiger partial charge >= 0.3 is 0 Å². The molecule has 0 radical (unpaired) electrons. The monoisotopic (exact) mass is 216 g/mol. The number of aliphatic hydroxyl groups excluding tert-OH is 1. The van der Waals surface area contributed by atoms with Gasteiger partial charge in [-0.25, -0.2) is 0 Å². The van der Waals surface area contributed by atoms with E-state index in [-0.39, 0.29) is 6.10 Å². The van der Waals surface area contributed by atoms with E-state index in [9.17, 15) is 5.11 Å². The first-order valence-corrected chi connectivity index (χ1v) is 6.08. The van der Waals surface area contributed by atoms with Crippen molar-refractivity contribution in [1.29, 1.82) is 0 Å². The van der Waals surface area contributed by atoms with E-state index >= 15 is 0 Å². The predicted octanol–water partition coefficient (Wildman–Crippen LogP) is 3.32. The lowest BCUT2D eigenvalue weighted by Gasteiger charge is -2.17. The van der Waals surface area contributed by atoms with E-state index in [4.69, 9.17) is 0 Å². The molecular formula is C15H20O. The Hall–Kier alpha value is -1.08. The van der Waals surface area contributed by atoms with Crippen LogP contribution in [0, 0.1) is 13.8 Å². The van der Waals surface area contributed by atoms with Crippen molar-refractivity contribution in [2.24, 2.45) is 0 Å². The number of benzene rings is 1. The van der Waals surface area contributed by atoms with Gasteiger partial charge in [0.2, 0.25) is 0 Å². The molecule has 0 aliphatic heterocycles. The zero-order valence-corrected chi connectivity index (χ0v) is 10.2. The first-order valence-electron chi connectivity index (χ1n) is 6.08. The van der Waals surface area contributed by atoms with E-state index < -0.39 is 0 Å². The average Bonchev–Trinajstić information content (AvgIpc) is 2.15. The van der Waals surface area contributed by atoms with Crippen molar-refractivity contribution in [3.8, 4) is 0 Å². The smallest absolute Gasteiger partial charge is 0.0723 e. The van der Waals surface area contributed by atoms with E-state index in [1.165, 1.54) is 22.3 Å². The maximum atomic E-state index is 9.59. The van der Waals surface area contributed by atoms with Gasteiger partial charge in [-0.15, -0.1) is 0 Å². The summed E-state index contributed by atoms with van der Waals surface area (Å²) in [6.07, 6.45) is 6.02. The minimum atomic E-state index is -0.213. The number of aliphatic hydroxyl groups is 1. The third-order valence-electron chi connectivity index (χ3n) is 3.14. The molecular weight excluding hydrogens is 196 g/mol. The lowest BCUT2D eigenvalue weighted by Crippen LogP contribution is -2.10. The Labute approximate surface area is 97.8 Å². The van der Waals surface area contributed by atoms with Gasteiger partial charge in [-0.2, -0.15) is 0 Å². The van der Waals surface area contributed by atoms with Crippen molar-refractivity contribution in [3.63, 3.8) is 0 Å². The third kappa shape index (κ3) is 2.96. The summed E-state index contributed by atoms with van der Waals surface area (Å²) in [5.74, 6) is 0. The fourth-order valence-electron chi connectivity index (χ4n) is 2.56. The van der Waals surface area contributed by atoms with Crippen LogP contribution in [0.3, 0.4) is 0 Å². The van der Waals surface area contributed by atoms with Crippen LogP contribution in [0.25, 0.3) is 0 Å². The zero-order valence-electron chi connectivity index (χ0n) is 10.2. The summed E-state index contributed by atoms with van der Waals surface area (Å²) in [5.41, 5.74) is 5.42. The molecule has 0 amide bonds. The normalized spacial score (nSPS) is 20.7. The van der Waals surface area contributed by atoms with Gasteiger partial charge in [-0.3, -0.25) is 0 Å².